The molecular formula is C19H27N3O5. The normalized spacial score (nSPS) is 23.7. The molecule has 2 atom stereocenters. The number of pyridine rings is 1. The van der Waals surface area contributed by atoms with Crippen molar-refractivity contribution in [2.75, 3.05) is 26.3 Å². The molecule has 0 aromatic carbocycles. The topological polar surface area (TPSA) is 101 Å². The molecule has 0 spiro atoms. The molecule has 2 fully saturated rings. The molecule has 2 aliphatic rings. The lowest BCUT2D eigenvalue weighted by Crippen LogP contribution is -2.49. The van der Waals surface area contributed by atoms with Crippen LogP contribution >= 0.6 is 0 Å². The van der Waals surface area contributed by atoms with E-state index in [0.717, 1.165) is 18.4 Å². The lowest BCUT2D eigenvalue weighted by Gasteiger charge is -2.34. The average Bonchev–Trinajstić information content (AvgIpc) is 2.66. The molecule has 8 nitrogen and oxygen atoms in total. The Hall–Kier alpha value is -2.35. The van der Waals surface area contributed by atoms with E-state index in [-0.39, 0.29) is 24.6 Å². The fraction of sp³-hybridized carbons (Fsp3) is 0.632. The van der Waals surface area contributed by atoms with Gasteiger partial charge in [-0.05, 0) is 24.0 Å². The van der Waals surface area contributed by atoms with E-state index < -0.39 is 11.9 Å². The maximum absolute atomic E-state index is 12.4. The molecule has 2 saturated heterocycles. The van der Waals surface area contributed by atoms with Crippen molar-refractivity contribution in [1.29, 1.82) is 0 Å². The van der Waals surface area contributed by atoms with E-state index in [0.29, 0.717) is 38.6 Å². The number of aliphatic carboxylic acids is 1. The molecule has 148 valence electrons. The monoisotopic (exact) mass is 377 g/mol. The van der Waals surface area contributed by atoms with Gasteiger partial charge in [-0.25, -0.2) is 9.78 Å². The van der Waals surface area contributed by atoms with Crippen molar-refractivity contribution in [2.45, 2.75) is 38.8 Å². The summed E-state index contributed by atoms with van der Waals surface area (Å²) in [6, 6.07) is 3.42. The zero-order valence-electron chi connectivity index (χ0n) is 15.6. The fourth-order valence-electron chi connectivity index (χ4n) is 3.58. The third-order valence-electron chi connectivity index (χ3n) is 4.99. The molecule has 1 aromatic rings. The molecule has 2 amide bonds. The third-order valence-corrected chi connectivity index (χ3v) is 4.99. The van der Waals surface area contributed by atoms with Crippen molar-refractivity contribution in [1.82, 2.24) is 15.2 Å². The number of carbonyl (C=O) groups is 2. The highest BCUT2D eigenvalue weighted by molar-refractivity contribution is 5.76. The van der Waals surface area contributed by atoms with Gasteiger partial charge in [-0.1, -0.05) is 6.92 Å². The Bertz CT molecular complexity index is 663. The summed E-state index contributed by atoms with van der Waals surface area (Å²) in [5.41, 5.74) is 0.889. The molecule has 2 aliphatic heterocycles. The van der Waals surface area contributed by atoms with E-state index in [1.165, 1.54) is 0 Å². The van der Waals surface area contributed by atoms with Gasteiger partial charge >= 0.3 is 12.0 Å². The van der Waals surface area contributed by atoms with E-state index in [9.17, 15) is 14.7 Å². The lowest BCUT2D eigenvalue weighted by atomic mass is 9.91. The van der Waals surface area contributed by atoms with Gasteiger partial charge < -0.3 is 24.8 Å². The summed E-state index contributed by atoms with van der Waals surface area (Å²) in [6.07, 6.45) is 4.08. The number of aromatic nitrogens is 1. The van der Waals surface area contributed by atoms with Crippen LogP contribution in [0, 0.1) is 11.8 Å². The molecule has 1 aromatic heterocycles. The molecular weight excluding hydrogens is 350 g/mol. The van der Waals surface area contributed by atoms with E-state index in [4.69, 9.17) is 9.47 Å². The number of carboxylic acid groups (broad SMARTS) is 1. The molecule has 2 unspecified atom stereocenters. The Morgan fingerprint density at radius 1 is 1.37 bits per heavy atom. The summed E-state index contributed by atoms with van der Waals surface area (Å²) in [5, 5.41) is 12.1. The molecule has 0 bridgehead atoms. The van der Waals surface area contributed by atoms with Gasteiger partial charge in [0.15, 0.2) is 0 Å². The van der Waals surface area contributed by atoms with Gasteiger partial charge in [0.2, 0.25) is 5.88 Å². The molecule has 27 heavy (non-hydrogen) atoms. The maximum Gasteiger partial charge on any atom is 0.317 e. The van der Waals surface area contributed by atoms with Gasteiger partial charge in [0.05, 0.1) is 19.1 Å². The van der Waals surface area contributed by atoms with Crippen molar-refractivity contribution in [3.63, 3.8) is 0 Å². The number of nitrogens with one attached hydrogen (secondary N) is 1. The first kappa shape index (κ1) is 19.4. The maximum atomic E-state index is 12.4. The van der Waals surface area contributed by atoms with Crippen LogP contribution in [0.4, 0.5) is 4.79 Å². The Balaban J connectivity index is 1.52. The number of urea groups is 1. The third kappa shape index (κ3) is 5.56. The second-order valence-corrected chi connectivity index (χ2v) is 7.37. The van der Waals surface area contributed by atoms with Gasteiger partial charge in [0.1, 0.15) is 6.10 Å². The largest absolute Gasteiger partial charge is 0.481 e. The van der Waals surface area contributed by atoms with Crippen LogP contribution in [0.3, 0.4) is 0 Å². The number of nitrogens with zero attached hydrogens (tertiary/aromatic N) is 2. The van der Waals surface area contributed by atoms with Crippen LogP contribution in [0.5, 0.6) is 5.88 Å². The number of hydrogen-bond donors (Lipinski definition) is 2. The Morgan fingerprint density at radius 3 is 2.89 bits per heavy atom. The quantitative estimate of drug-likeness (QED) is 0.813. The molecule has 0 saturated carbocycles. The van der Waals surface area contributed by atoms with Crippen LogP contribution in [-0.2, 0) is 16.1 Å². The SMILES string of the molecule is CC1CC(C(=O)O)CN(C(=O)NCc2ccnc(OC3CCOCC3)c2)C1. The summed E-state index contributed by atoms with van der Waals surface area (Å²) in [4.78, 5) is 29.5. The summed E-state index contributed by atoms with van der Waals surface area (Å²) in [7, 11) is 0. The van der Waals surface area contributed by atoms with E-state index in [1.54, 1.807) is 11.1 Å². The number of hydrogen-bond acceptors (Lipinski definition) is 5. The molecule has 3 heterocycles. The van der Waals surface area contributed by atoms with Crippen LogP contribution in [-0.4, -0.2) is 59.4 Å². The van der Waals surface area contributed by atoms with E-state index >= 15 is 0 Å². The predicted octanol–water partition coefficient (Wildman–Crippen LogP) is 1.89. The van der Waals surface area contributed by atoms with Gasteiger partial charge in [0, 0.05) is 44.7 Å². The van der Waals surface area contributed by atoms with Crippen LogP contribution in [0.1, 0.15) is 31.7 Å². The summed E-state index contributed by atoms with van der Waals surface area (Å²) in [6.45, 7) is 4.54. The van der Waals surface area contributed by atoms with Crippen LogP contribution in [0.2, 0.25) is 0 Å². The minimum absolute atomic E-state index is 0.110. The Kier molecular flexibility index (Phi) is 6.49. The number of likely N-dealkylation sites (tertiary alicyclic amines) is 1. The Morgan fingerprint density at radius 2 is 2.15 bits per heavy atom. The molecule has 8 heteroatoms. The van der Waals surface area contributed by atoms with Gasteiger partial charge in [-0.2, -0.15) is 0 Å². The minimum Gasteiger partial charge on any atom is -0.481 e. The molecule has 2 N–H and O–H groups in total. The zero-order chi connectivity index (χ0) is 19.2. The van der Waals surface area contributed by atoms with Crippen molar-refractivity contribution in [3.05, 3.63) is 23.9 Å². The van der Waals surface area contributed by atoms with Crippen molar-refractivity contribution in [2.24, 2.45) is 11.8 Å². The van der Waals surface area contributed by atoms with E-state index in [2.05, 4.69) is 10.3 Å². The van der Waals surface area contributed by atoms with Crippen molar-refractivity contribution in [3.8, 4) is 5.88 Å². The summed E-state index contributed by atoms with van der Waals surface area (Å²) in [5.74, 6) is -0.625. The van der Waals surface area contributed by atoms with Gasteiger partial charge in [-0.15, -0.1) is 0 Å². The van der Waals surface area contributed by atoms with Crippen LogP contribution in [0.15, 0.2) is 18.3 Å². The number of piperidine rings is 1. The first-order valence-corrected chi connectivity index (χ1v) is 9.46. The highest BCUT2D eigenvalue weighted by Gasteiger charge is 2.31. The Labute approximate surface area is 158 Å². The predicted molar refractivity (Wildman–Crippen MR) is 97.4 cm³/mol. The fourth-order valence-corrected chi connectivity index (χ4v) is 3.58. The number of carbonyl (C=O) groups excluding carboxylic acids is 1. The average molecular weight is 377 g/mol. The minimum atomic E-state index is -0.844. The highest BCUT2D eigenvalue weighted by atomic mass is 16.5. The number of amides is 2. The van der Waals surface area contributed by atoms with Crippen LogP contribution in [0.25, 0.3) is 0 Å². The van der Waals surface area contributed by atoms with Crippen LogP contribution < -0.4 is 10.1 Å². The molecule has 0 aliphatic carbocycles. The second kappa shape index (κ2) is 9.03. The standard InChI is InChI=1S/C19H27N3O5/c1-13-8-15(18(23)24)12-22(11-13)19(25)21-10-14-2-5-20-17(9-14)27-16-3-6-26-7-4-16/h2,5,9,13,15-16H,3-4,6-8,10-12H2,1H3,(H,21,25)(H,23,24). The first-order valence-electron chi connectivity index (χ1n) is 9.46. The number of carboxylic acids is 1. The zero-order valence-corrected chi connectivity index (χ0v) is 15.6. The van der Waals surface area contributed by atoms with Crippen molar-refractivity contribution >= 4 is 12.0 Å². The van der Waals surface area contributed by atoms with Gasteiger partial charge in [0.25, 0.3) is 0 Å². The van der Waals surface area contributed by atoms with Crippen molar-refractivity contribution < 1.29 is 24.2 Å². The molecule has 0 radical (unpaired) electrons. The number of ether oxygens (including phenoxy) is 2. The smallest absolute Gasteiger partial charge is 0.317 e. The van der Waals surface area contributed by atoms with Gasteiger partial charge in [-0.3, -0.25) is 4.79 Å². The van der Waals surface area contributed by atoms with E-state index in [1.807, 2.05) is 19.1 Å². The second-order valence-electron chi connectivity index (χ2n) is 7.37. The first-order chi connectivity index (χ1) is 13.0. The lowest BCUT2D eigenvalue weighted by molar-refractivity contribution is -0.143. The number of rotatable bonds is 5. The summed E-state index contributed by atoms with van der Waals surface area (Å²) < 4.78 is 11.2. The highest BCUT2D eigenvalue weighted by Crippen LogP contribution is 2.22. The molecule has 3 rings (SSSR count). The summed E-state index contributed by atoms with van der Waals surface area (Å²) >= 11 is 0.